The number of hydrogen-bond donors (Lipinski definition) is 1. The van der Waals surface area contributed by atoms with Gasteiger partial charge in [0.2, 0.25) is 0 Å². The summed E-state index contributed by atoms with van der Waals surface area (Å²) in [5.41, 5.74) is 2.62. The van der Waals surface area contributed by atoms with Crippen LogP contribution < -0.4 is 5.32 Å². The summed E-state index contributed by atoms with van der Waals surface area (Å²) in [5.74, 6) is 0. The highest BCUT2D eigenvalue weighted by molar-refractivity contribution is 5.85. The second kappa shape index (κ2) is 5.82. The second-order valence-electron chi connectivity index (χ2n) is 3.67. The van der Waals surface area contributed by atoms with Crippen molar-refractivity contribution in [3.8, 4) is 11.1 Å². The van der Waals surface area contributed by atoms with Gasteiger partial charge in [-0.15, -0.1) is 0 Å². The van der Waals surface area contributed by atoms with Crippen LogP contribution in [0.4, 0.5) is 10.5 Å². The highest BCUT2D eigenvalue weighted by Crippen LogP contribution is 2.20. The van der Waals surface area contributed by atoms with Crippen LogP contribution in [0.25, 0.3) is 11.1 Å². The minimum absolute atomic E-state index is 0.345. The van der Waals surface area contributed by atoms with Gasteiger partial charge in [-0.2, -0.15) is 0 Å². The second-order valence-corrected chi connectivity index (χ2v) is 3.67. The Labute approximate surface area is 106 Å². The molecule has 92 valence electrons. The molecule has 18 heavy (non-hydrogen) atoms. The summed E-state index contributed by atoms with van der Waals surface area (Å²) in [7, 11) is 0. The van der Waals surface area contributed by atoms with Crippen molar-refractivity contribution in [1.29, 1.82) is 0 Å². The van der Waals surface area contributed by atoms with E-state index in [1.165, 1.54) is 0 Å². The highest BCUT2D eigenvalue weighted by Gasteiger charge is 2.04. The van der Waals surface area contributed by atoms with Crippen LogP contribution in [-0.4, -0.2) is 17.7 Å². The van der Waals surface area contributed by atoms with E-state index in [1.807, 2.05) is 36.4 Å². The molecule has 1 N–H and O–H groups in total. The van der Waals surface area contributed by atoms with Gasteiger partial charge >= 0.3 is 6.09 Å². The number of benzene rings is 1. The van der Waals surface area contributed by atoms with Crippen LogP contribution in [0.15, 0.2) is 48.8 Å². The Kier molecular flexibility index (Phi) is 3.91. The van der Waals surface area contributed by atoms with Crippen molar-refractivity contribution in [2.75, 3.05) is 11.9 Å². The molecule has 0 unspecified atom stereocenters. The maximum absolute atomic E-state index is 11.3. The van der Waals surface area contributed by atoms with E-state index >= 15 is 0 Å². The zero-order chi connectivity index (χ0) is 12.8. The van der Waals surface area contributed by atoms with Gasteiger partial charge in [-0.05, 0) is 18.6 Å². The van der Waals surface area contributed by atoms with E-state index in [4.69, 9.17) is 4.74 Å². The van der Waals surface area contributed by atoms with Crippen LogP contribution >= 0.6 is 0 Å². The molecule has 0 saturated carbocycles. The van der Waals surface area contributed by atoms with Crippen LogP contribution in [0, 0.1) is 0 Å². The summed E-state index contributed by atoms with van der Waals surface area (Å²) in [6.45, 7) is 2.11. The van der Waals surface area contributed by atoms with Gasteiger partial charge in [0.25, 0.3) is 0 Å². The number of hydrogen-bond acceptors (Lipinski definition) is 3. The molecule has 1 aromatic heterocycles. The van der Waals surface area contributed by atoms with Gasteiger partial charge < -0.3 is 4.74 Å². The lowest BCUT2D eigenvalue weighted by atomic mass is 10.1. The minimum Gasteiger partial charge on any atom is -0.450 e. The Morgan fingerprint density at radius 3 is 2.72 bits per heavy atom. The zero-order valence-electron chi connectivity index (χ0n) is 10.1. The average molecular weight is 242 g/mol. The van der Waals surface area contributed by atoms with E-state index in [0.717, 1.165) is 11.1 Å². The first-order valence-corrected chi connectivity index (χ1v) is 5.74. The number of carbonyl (C=O) groups is 1. The molecule has 0 spiro atoms. The monoisotopic (exact) mass is 242 g/mol. The van der Waals surface area contributed by atoms with Gasteiger partial charge in [0.15, 0.2) is 0 Å². The van der Waals surface area contributed by atoms with E-state index < -0.39 is 6.09 Å². The number of amides is 1. The van der Waals surface area contributed by atoms with Crippen molar-refractivity contribution in [2.24, 2.45) is 0 Å². The van der Waals surface area contributed by atoms with Crippen molar-refractivity contribution in [3.63, 3.8) is 0 Å². The fourth-order valence-electron chi connectivity index (χ4n) is 1.58. The maximum atomic E-state index is 11.3. The molecular weight excluding hydrogens is 228 g/mol. The number of ether oxygens (including phenoxy) is 1. The first kappa shape index (κ1) is 12.1. The summed E-state index contributed by atoms with van der Waals surface area (Å²) in [6.07, 6.45) is 2.87. The Hall–Kier alpha value is -2.36. The first-order valence-electron chi connectivity index (χ1n) is 5.74. The molecule has 0 atom stereocenters. The van der Waals surface area contributed by atoms with E-state index in [-0.39, 0.29) is 0 Å². The van der Waals surface area contributed by atoms with Crippen molar-refractivity contribution >= 4 is 11.8 Å². The van der Waals surface area contributed by atoms with Gasteiger partial charge in [0.05, 0.1) is 18.5 Å². The molecule has 0 aliphatic heterocycles. The van der Waals surface area contributed by atoms with Crippen LogP contribution in [-0.2, 0) is 4.74 Å². The molecule has 0 radical (unpaired) electrons. The summed E-state index contributed by atoms with van der Waals surface area (Å²) >= 11 is 0. The number of anilines is 1. The number of carbonyl (C=O) groups excluding carboxylic acids is 1. The van der Waals surface area contributed by atoms with Crippen molar-refractivity contribution < 1.29 is 9.53 Å². The van der Waals surface area contributed by atoms with Crippen LogP contribution in [0.2, 0.25) is 0 Å². The quantitative estimate of drug-likeness (QED) is 0.898. The lowest BCUT2D eigenvalue weighted by molar-refractivity contribution is 0.168. The third kappa shape index (κ3) is 3.07. The fourth-order valence-corrected chi connectivity index (χ4v) is 1.58. The molecule has 2 rings (SSSR count). The average Bonchev–Trinajstić information content (AvgIpc) is 2.40. The van der Waals surface area contributed by atoms with Crippen LogP contribution in [0.3, 0.4) is 0 Å². The topological polar surface area (TPSA) is 51.2 Å². The summed E-state index contributed by atoms with van der Waals surface area (Å²) in [4.78, 5) is 15.4. The molecule has 0 aliphatic rings. The fraction of sp³-hybridized carbons (Fsp3) is 0.143. The number of aromatic nitrogens is 1. The number of rotatable bonds is 3. The normalized spacial score (nSPS) is 9.83. The lowest BCUT2D eigenvalue weighted by Crippen LogP contribution is -2.13. The highest BCUT2D eigenvalue weighted by atomic mass is 16.5. The molecule has 1 aromatic carbocycles. The Morgan fingerprint density at radius 2 is 2.00 bits per heavy atom. The molecule has 2 aromatic rings. The van der Waals surface area contributed by atoms with Gasteiger partial charge in [0, 0.05) is 11.8 Å². The zero-order valence-corrected chi connectivity index (χ0v) is 10.1. The lowest BCUT2D eigenvalue weighted by Gasteiger charge is -2.06. The Balaban J connectivity index is 2.18. The van der Waals surface area contributed by atoms with E-state index in [1.54, 1.807) is 19.3 Å². The minimum atomic E-state index is -0.468. The predicted octanol–water partition coefficient (Wildman–Crippen LogP) is 3.32. The first-order chi connectivity index (χ1) is 8.79. The van der Waals surface area contributed by atoms with E-state index in [9.17, 15) is 4.79 Å². The standard InChI is InChI=1S/C14H14N2O2/c1-2-18-14(17)16-13-8-12(9-15-10-13)11-6-4-3-5-7-11/h3-10H,2H2,1H3,(H,16,17). The van der Waals surface area contributed by atoms with Crippen LogP contribution in [0.5, 0.6) is 0 Å². The van der Waals surface area contributed by atoms with Gasteiger partial charge in [-0.25, -0.2) is 4.79 Å². The largest absolute Gasteiger partial charge is 0.450 e. The molecule has 0 bridgehead atoms. The SMILES string of the molecule is CCOC(=O)Nc1cncc(-c2ccccc2)c1. The predicted molar refractivity (Wildman–Crippen MR) is 70.3 cm³/mol. The van der Waals surface area contributed by atoms with Gasteiger partial charge in [0.1, 0.15) is 0 Å². The molecule has 0 fully saturated rings. The molecule has 1 amide bonds. The van der Waals surface area contributed by atoms with Crippen molar-refractivity contribution in [3.05, 3.63) is 48.8 Å². The van der Waals surface area contributed by atoms with Crippen molar-refractivity contribution in [1.82, 2.24) is 4.98 Å². The molecule has 1 heterocycles. The number of pyridine rings is 1. The molecule has 4 heteroatoms. The van der Waals surface area contributed by atoms with Crippen molar-refractivity contribution in [2.45, 2.75) is 6.92 Å². The van der Waals surface area contributed by atoms with E-state index in [0.29, 0.717) is 12.3 Å². The van der Waals surface area contributed by atoms with Crippen LogP contribution in [0.1, 0.15) is 6.92 Å². The Morgan fingerprint density at radius 1 is 1.22 bits per heavy atom. The third-order valence-corrected chi connectivity index (χ3v) is 2.37. The van der Waals surface area contributed by atoms with Gasteiger partial charge in [-0.1, -0.05) is 30.3 Å². The summed E-state index contributed by atoms with van der Waals surface area (Å²) in [6, 6.07) is 11.7. The Bertz CT molecular complexity index is 526. The summed E-state index contributed by atoms with van der Waals surface area (Å²) in [5, 5.41) is 2.63. The van der Waals surface area contributed by atoms with E-state index in [2.05, 4.69) is 10.3 Å². The summed E-state index contributed by atoms with van der Waals surface area (Å²) < 4.78 is 4.81. The maximum Gasteiger partial charge on any atom is 0.411 e. The van der Waals surface area contributed by atoms with Gasteiger partial charge in [-0.3, -0.25) is 10.3 Å². The molecular formula is C14H14N2O2. The molecule has 0 saturated heterocycles. The third-order valence-electron chi connectivity index (χ3n) is 2.37. The number of nitrogens with zero attached hydrogens (tertiary/aromatic N) is 1. The molecule has 4 nitrogen and oxygen atoms in total. The number of nitrogens with one attached hydrogen (secondary N) is 1. The molecule has 0 aliphatic carbocycles. The smallest absolute Gasteiger partial charge is 0.411 e.